The molecule has 0 aliphatic carbocycles. The third-order valence-corrected chi connectivity index (χ3v) is 4.63. The highest BCUT2D eigenvalue weighted by molar-refractivity contribution is 5.94. The minimum Gasteiger partial charge on any atom is -0.379 e. The molecule has 8 heteroatoms. The first-order valence-corrected chi connectivity index (χ1v) is 8.74. The maximum absolute atomic E-state index is 12.4. The zero-order chi connectivity index (χ0) is 17.5. The van der Waals surface area contributed by atoms with Gasteiger partial charge in [-0.05, 0) is 6.07 Å². The number of hydrogen-bond acceptors (Lipinski definition) is 6. The lowest BCUT2D eigenvalue weighted by Crippen LogP contribution is -2.45. The number of pyridine rings is 1. The molecule has 0 spiro atoms. The van der Waals surface area contributed by atoms with E-state index in [1.165, 1.54) is 0 Å². The Labute approximate surface area is 147 Å². The second-order valence-electron chi connectivity index (χ2n) is 6.27. The van der Waals surface area contributed by atoms with E-state index in [0.717, 1.165) is 58.0 Å². The van der Waals surface area contributed by atoms with E-state index in [-0.39, 0.29) is 5.91 Å². The zero-order valence-corrected chi connectivity index (χ0v) is 14.4. The van der Waals surface area contributed by atoms with E-state index in [1.807, 2.05) is 6.07 Å². The summed E-state index contributed by atoms with van der Waals surface area (Å²) in [6.45, 7) is 7.69. The molecule has 25 heavy (non-hydrogen) atoms. The van der Waals surface area contributed by atoms with Crippen LogP contribution in [0.15, 0.2) is 18.5 Å². The van der Waals surface area contributed by atoms with Crippen LogP contribution < -0.4 is 10.2 Å². The predicted molar refractivity (Wildman–Crippen MR) is 93.7 cm³/mol. The monoisotopic (exact) mass is 347 g/mol. The first-order valence-electron chi connectivity index (χ1n) is 8.74. The van der Waals surface area contributed by atoms with Crippen LogP contribution in [0.3, 0.4) is 0 Å². The SMILES string of the molecule is O=CN1CCN(c2cncc(C(=O)NCCN3CCOCC3)c2)CC1. The smallest absolute Gasteiger partial charge is 0.252 e. The number of nitrogens with zero attached hydrogens (tertiary/aromatic N) is 4. The predicted octanol–water partition coefficient (Wildman–Crippen LogP) is -0.578. The molecule has 2 saturated heterocycles. The summed E-state index contributed by atoms with van der Waals surface area (Å²) in [5.41, 5.74) is 1.49. The number of carbonyl (C=O) groups excluding carboxylic acids is 2. The molecule has 1 aromatic rings. The lowest BCUT2D eigenvalue weighted by molar-refractivity contribution is -0.118. The van der Waals surface area contributed by atoms with Crippen molar-refractivity contribution < 1.29 is 14.3 Å². The topological polar surface area (TPSA) is 78.0 Å². The molecule has 0 radical (unpaired) electrons. The van der Waals surface area contributed by atoms with Gasteiger partial charge in [0.25, 0.3) is 5.91 Å². The number of rotatable bonds is 6. The number of ether oxygens (including phenoxy) is 1. The number of carbonyl (C=O) groups is 2. The number of anilines is 1. The summed E-state index contributed by atoms with van der Waals surface area (Å²) in [6.07, 6.45) is 4.24. The van der Waals surface area contributed by atoms with Crippen molar-refractivity contribution >= 4 is 18.0 Å². The van der Waals surface area contributed by atoms with Gasteiger partial charge in [0.15, 0.2) is 0 Å². The van der Waals surface area contributed by atoms with E-state index in [0.29, 0.717) is 25.2 Å². The third kappa shape index (κ3) is 4.90. The highest BCUT2D eigenvalue weighted by Gasteiger charge is 2.17. The first kappa shape index (κ1) is 17.6. The van der Waals surface area contributed by atoms with Gasteiger partial charge in [0.05, 0.1) is 30.7 Å². The van der Waals surface area contributed by atoms with Gasteiger partial charge in [-0.15, -0.1) is 0 Å². The van der Waals surface area contributed by atoms with Gasteiger partial charge >= 0.3 is 0 Å². The van der Waals surface area contributed by atoms with E-state index in [4.69, 9.17) is 4.74 Å². The van der Waals surface area contributed by atoms with Gasteiger partial charge in [0.2, 0.25) is 6.41 Å². The zero-order valence-electron chi connectivity index (χ0n) is 14.4. The third-order valence-electron chi connectivity index (χ3n) is 4.63. The average molecular weight is 347 g/mol. The Balaban J connectivity index is 1.50. The molecule has 8 nitrogen and oxygen atoms in total. The van der Waals surface area contributed by atoms with Crippen molar-refractivity contribution in [1.29, 1.82) is 0 Å². The number of piperazine rings is 1. The minimum atomic E-state index is -0.103. The van der Waals surface area contributed by atoms with Crippen LogP contribution in [0.25, 0.3) is 0 Å². The van der Waals surface area contributed by atoms with Gasteiger partial charge in [0, 0.05) is 58.6 Å². The van der Waals surface area contributed by atoms with Gasteiger partial charge in [-0.3, -0.25) is 19.5 Å². The molecule has 2 fully saturated rings. The van der Waals surface area contributed by atoms with Crippen molar-refractivity contribution in [3.05, 3.63) is 24.0 Å². The van der Waals surface area contributed by atoms with Crippen LogP contribution in [-0.2, 0) is 9.53 Å². The molecule has 3 heterocycles. The molecular formula is C17H25N5O3. The fourth-order valence-corrected chi connectivity index (χ4v) is 3.06. The number of amides is 2. The lowest BCUT2D eigenvalue weighted by Gasteiger charge is -2.34. The van der Waals surface area contributed by atoms with Crippen LogP contribution in [0, 0.1) is 0 Å². The Bertz CT molecular complexity index is 583. The standard InChI is InChI=1S/C17H25N5O3/c23-14-21-3-5-22(6-4-21)16-11-15(12-18-13-16)17(24)19-1-2-20-7-9-25-10-8-20/h11-14H,1-10H2,(H,19,24). The Morgan fingerprint density at radius 1 is 1.16 bits per heavy atom. The van der Waals surface area contributed by atoms with Gasteiger partial charge in [-0.25, -0.2) is 0 Å². The summed E-state index contributed by atoms with van der Waals surface area (Å²) in [5, 5.41) is 2.96. The molecule has 0 bridgehead atoms. The highest BCUT2D eigenvalue weighted by atomic mass is 16.5. The molecule has 2 amide bonds. The van der Waals surface area contributed by atoms with Crippen LogP contribution in [0.2, 0.25) is 0 Å². The lowest BCUT2D eigenvalue weighted by atomic mass is 10.2. The number of morpholine rings is 1. The van der Waals surface area contributed by atoms with Crippen LogP contribution in [0.5, 0.6) is 0 Å². The van der Waals surface area contributed by atoms with Crippen molar-refractivity contribution in [2.24, 2.45) is 0 Å². The van der Waals surface area contributed by atoms with Crippen molar-refractivity contribution in [2.75, 3.05) is 70.5 Å². The van der Waals surface area contributed by atoms with Gasteiger partial charge in [-0.1, -0.05) is 0 Å². The number of aromatic nitrogens is 1. The van der Waals surface area contributed by atoms with E-state index in [2.05, 4.69) is 20.1 Å². The molecule has 1 N–H and O–H groups in total. The van der Waals surface area contributed by atoms with Gasteiger partial charge in [0.1, 0.15) is 0 Å². The average Bonchev–Trinajstić information content (AvgIpc) is 2.69. The van der Waals surface area contributed by atoms with Crippen LogP contribution in [0.4, 0.5) is 5.69 Å². The molecule has 0 saturated carbocycles. The van der Waals surface area contributed by atoms with Crippen molar-refractivity contribution in [2.45, 2.75) is 0 Å². The molecule has 3 rings (SSSR count). The quantitative estimate of drug-likeness (QED) is 0.694. The van der Waals surface area contributed by atoms with Crippen molar-refractivity contribution in [3.8, 4) is 0 Å². The number of nitrogens with one attached hydrogen (secondary N) is 1. The normalized spacial score (nSPS) is 18.9. The maximum Gasteiger partial charge on any atom is 0.252 e. The van der Waals surface area contributed by atoms with E-state index in [1.54, 1.807) is 17.3 Å². The first-order chi connectivity index (χ1) is 12.3. The summed E-state index contributed by atoms with van der Waals surface area (Å²) in [7, 11) is 0. The van der Waals surface area contributed by atoms with E-state index >= 15 is 0 Å². The van der Waals surface area contributed by atoms with Gasteiger partial charge < -0.3 is 19.9 Å². The molecule has 2 aliphatic rings. The largest absolute Gasteiger partial charge is 0.379 e. The van der Waals surface area contributed by atoms with Crippen LogP contribution in [0.1, 0.15) is 10.4 Å². The molecule has 0 atom stereocenters. The second-order valence-corrected chi connectivity index (χ2v) is 6.27. The number of hydrogen-bond donors (Lipinski definition) is 1. The fraction of sp³-hybridized carbons (Fsp3) is 0.588. The second kappa shape index (κ2) is 8.77. The fourth-order valence-electron chi connectivity index (χ4n) is 3.06. The molecule has 2 aliphatic heterocycles. The maximum atomic E-state index is 12.4. The van der Waals surface area contributed by atoms with Crippen LogP contribution in [-0.4, -0.2) is 92.7 Å². The Kier molecular flexibility index (Phi) is 6.19. The highest BCUT2D eigenvalue weighted by Crippen LogP contribution is 2.16. The summed E-state index contributed by atoms with van der Waals surface area (Å²) >= 11 is 0. The summed E-state index contributed by atoms with van der Waals surface area (Å²) in [4.78, 5) is 33.5. The summed E-state index contributed by atoms with van der Waals surface area (Å²) in [5.74, 6) is -0.103. The molecule has 136 valence electrons. The van der Waals surface area contributed by atoms with E-state index < -0.39 is 0 Å². The van der Waals surface area contributed by atoms with Crippen LogP contribution >= 0.6 is 0 Å². The minimum absolute atomic E-state index is 0.103. The Hall–Kier alpha value is -2.19. The Morgan fingerprint density at radius 3 is 2.64 bits per heavy atom. The molecule has 0 unspecified atom stereocenters. The molecular weight excluding hydrogens is 322 g/mol. The summed E-state index contributed by atoms with van der Waals surface area (Å²) < 4.78 is 5.32. The van der Waals surface area contributed by atoms with Gasteiger partial charge in [-0.2, -0.15) is 0 Å². The van der Waals surface area contributed by atoms with Crippen molar-refractivity contribution in [3.63, 3.8) is 0 Å². The molecule has 0 aromatic carbocycles. The van der Waals surface area contributed by atoms with Crippen molar-refractivity contribution in [1.82, 2.24) is 20.1 Å². The Morgan fingerprint density at radius 2 is 1.92 bits per heavy atom. The summed E-state index contributed by atoms with van der Waals surface area (Å²) in [6, 6.07) is 1.87. The molecule has 1 aromatic heterocycles. The van der Waals surface area contributed by atoms with E-state index in [9.17, 15) is 9.59 Å².